The first-order chi connectivity index (χ1) is 11.5. The molecule has 8 heteroatoms. The number of hydrazone groups is 1. The van der Waals surface area contributed by atoms with E-state index in [-0.39, 0.29) is 11.3 Å². The van der Waals surface area contributed by atoms with Crippen molar-refractivity contribution in [1.29, 1.82) is 0 Å². The summed E-state index contributed by atoms with van der Waals surface area (Å²) in [6, 6.07) is 10.7. The molecule has 0 spiro atoms. The zero-order valence-corrected chi connectivity index (χ0v) is 15.3. The Morgan fingerprint density at radius 2 is 1.96 bits per heavy atom. The minimum atomic E-state index is -0.461. The van der Waals surface area contributed by atoms with Crippen LogP contribution in [-0.4, -0.2) is 21.4 Å². The van der Waals surface area contributed by atoms with Crippen molar-refractivity contribution in [2.24, 2.45) is 12.1 Å². The molecule has 0 saturated carbocycles. The van der Waals surface area contributed by atoms with Crippen LogP contribution in [0, 0.1) is 0 Å². The number of hydrogen-bond donors (Lipinski definition) is 1. The number of hydrogen-bond acceptors (Lipinski definition) is 5. The standard InChI is InChI=1S/C16H13BrN4O2S/c1-9(12-7-8-13(17)24-12)18-19-15(22)14-10-5-3-4-6-11(10)16(23)21(2)20-14/h3-8H,1-2H3,(H,19,22)/b18-9-. The largest absolute Gasteiger partial charge is 0.292 e. The van der Waals surface area contributed by atoms with Crippen molar-refractivity contribution in [1.82, 2.24) is 15.2 Å². The van der Waals surface area contributed by atoms with Crippen LogP contribution >= 0.6 is 27.3 Å². The maximum Gasteiger partial charge on any atom is 0.292 e. The van der Waals surface area contributed by atoms with Gasteiger partial charge in [-0.15, -0.1) is 11.3 Å². The van der Waals surface area contributed by atoms with Crippen LogP contribution in [0.5, 0.6) is 0 Å². The second-order valence-electron chi connectivity index (χ2n) is 5.06. The number of aryl methyl sites for hydroxylation is 1. The number of nitrogens with one attached hydrogen (secondary N) is 1. The van der Waals surface area contributed by atoms with E-state index in [2.05, 4.69) is 31.6 Å². The fourth-order valence-corrected chi connectivity index (χ4v) is 3.55. The Morgan fingerprint density at radius 3 is 2.62 bits per heavy atom. The third-order valence-electron chi connectivity index (χ3n) is 3.43. The Hall–Kier alpha value is -2.32. The van der Waals surface area contributed by atoms with Crippen LogP contribution in [0.2, 0.25) is 0 Å². The van der Waals surface area contributed by atoms with Gasteiger partial charge in [-0.25, -0.2) is 10.1 Å². The summed E-state index contributed by atoms with van der Waals surface area (Å²) in [5.41, 5.74) is 3.11. The maximum absolute atomic E-state index is 12.5. The van der Waals surface area contributed by atoms with Crippen LogP contribution < -0.4 is 11.0 Å². The predicted molar refractivity (Wildman–Crippen MR) is 98.7 cm³/mol. The Balaban J connectivity index is 1.95. The molecule has 0 bridgehead atoms. The van der Waals surface area contributed by atoms with Gasteiger partial charge in [-0.1, -0.05) is 18.2 Å². The second-order valence-corrected chi connectivity index (χ2v) is 7.53. The van der Waals surface area contributed by atoms with Crippen molar-refractivity contribution in [2.45, 2.75) is 6.92 Å². The smallest absolute Gasteiger partial charge is 0.267 e. The lowest BCUT2D eigenvalue weighted by Gasteiger charge is -2.07. The van der Waals surface area contributed by atoms with Gasteiger partial charge >= 0.3 is 0 Å². The van der Waals surface area contributed by atoms with Crippen LogP contribution in [0.4, 0.5) is 0 Å². The number of benzene rings is 1. The molecule has 0 aliphatic rings. The predicted octanol–water partition coefficient (Wildman–Crippen LogP) is 2.91. The molecule has 0 atom stereocenters. The number of thiophene rings is 1. The van der Waals surface area contributed by atoms with Crippen LogP contribution in [0.1, 0.15) is 22.3 Å². The number of rotatable bonds is 3. The highest BCUT2D eigenvalue weighted by Gasteiger charge is 2.15. The first-order valence-electron chi connectivity index (χ1n) is 7.04. The molecule has 1 aromatic carbocycles. The van der Waals surface area contributed by atoms with E-state index in [1.165, 1.54) is 18.4 Å². The van der Waals surface area contributed by atoms with Crippen molar-refractivity contribution in [3.63, 3.8) is 0 Å². The average molecular weight is 405 g/mol. The Labute approximate surface area is 149 Å². The van der Waals surface area contributed by atoms with Gasteiger partial charge in [-0.05, 0) is 41.1 Å². The number of halogens is 1. The summed E-state index contributed by atoms with van der Waals surface area (Å²) in [6.45, 7) is 1.81. The molecule has 0 aliphatic carbocycles. The van der Waals surface area contributed by atoms with Crippen LogP contribution in [0.25, 0.3) is 10.8 Å². The van der Waals surface area contributed by atoms with Gasteiger partial charge in [0.2, 0.25) is 0 Å². The minimum Gasteiger partial charge on any atom is -0.267 e. The van der Waals surface area contributed by atoms with Gasteiger partial charge in [0.15, 0.2) is 5.69 Å². The van der Waals surface area contributed by atoms with E-state index in [0.29, 0.717) is 16.5 Å². The SMILES string of the molecule is C/C(=N/NC(=O)c1nn(C)c(=O)c2ccccc12)c1ccc(Br)s1. The van der Waals surface area contributed by atoms with Gasteiger partial charge in [-0.3, -0.25) is 9.59 Å². The number of amides is 1. The lowest BCUT2D eigenvalue weighted by atomic mass is 10.1. The second kappa shape index (κ2) is 6.66. The lowest BCUT2D eigenvalue weighted by molar-refractivity contribution is 0.0949. The molecule has 2 aromatic heterocycles. The topological polar surface area (TPSA) is 76.3 Å². The quantitative estimate of drug-likeness (QED) is 0.538. The van der Waals surface area contributed by atoms with E-state index < -0.39 is 5.91 Å². The summed E-state index contributed by atoms with van der Waals surface area (Å²) >= 11 is 4.92. The zero-order valence-electron chi connectivity index (χ0n) is 12.9. The number of fused-ring (bicyclic) bond motifs is 1. The fourth-order valence-electron chi connectivity index (χ4n) is 2.22. The number of carbonyl (C=O) groups is 1. The van der Waals surface area contributed by atoms with E-state index in [1.54, 1.807) is 24.3 Å². The average Bonchev–Trinajstić information content (AvgIpc) is 3.02. The normalized spacial score (nSPS) is 11.7. The lowest BCUT2D eigenvalue weighted by Crippen LogP contribution is -2.27. The highest BCUT2D eigenvalue weighted by atomic mass is 79.9. The molecule has 6 nitrogen and oxygen atoms in total. The van der Waals surface area contributed by atoms with Gasteiger partial charge < -0.3 is 0 Å². The first kappa shape index (κ1) is 16.5. The van der Waals surface area contributed by atoms with Crippen molar-refractivity contribution in [3.05, 3.63) is 61.1 Å². The molecule has 24 heavy (non-hydrogen) atoms. The number of carbonyl (C=O) groups excluding carboxylic acids is 1. The summed E-state index contributed by atoms with van der Waals surface area (Å²) in [7, 11) is 1.52. The number of aromatic nitrogens is 2. The van der Waals surface area contributed by atoms with E-state index in [1.807, 2.05) is 19.1 Å². The molecular weight excluding hydrogens is 392 g/mol. The third-order valence-corrected chi connectivity index (χ3v) is 5.16. The van der Waals surface area contributed by atoms with Gasteiger partial charge in [0.1, 0.15) is 0 Å². The monoisotopic (exact) mass is 404 g/mol. The maximum atomic E-state index is 12.5. The summed E-state index contributed by atoms with van der Waals surface area (Å²) in [5.74, 6) is -0.461. The molecule has 2 heterocycles. The van der Waals surface area contributed by atoms with E-state index in [0.717, 1.165) is 13.3 Å². The summed E-state index contributed by atoms with van der Waals surface area (Å²) in [5, 5.41) is 9.15. The van der Waals surface area contributed by atoms with E-state index in [9.17, 15) is 9.59 Å². The Bertz CT molecular complexity index is 1020. The highest BCUT2D eigenvalue weighted by molar-refractivity contribution is 9.11. The van der Waals surface area contributed by atoms with Crippen molar-refractivity contribution >= 4 is 49.7 Å². The third kappa shape index (κ3) is 3.15. The van der Waals surface area contributed by atoms with E-state index >= 15 is 0 Å². The molecule has 0 radical (unpaired) electrons. The van der Waals surface area contributed by atoms with Crippen LogP contribution in [0.3, 0.4) is 0 Å². The van der Waals surface area contributed by atoms with Crippen LogP contribution in [0.15, 0.2) is 50.1 Å². The molecule has 1 N–H and O–H groups in total. The van der Waals surface area contributed by atoms with Gasteiger partial charge in [0.05, 0.1) is 19.8 Å². The molecule has 3 aromatic rings. The van der Waals surface area contributed by atoms with Crippen LogP contribution in [-0.2, 0) is 7.05 Å². The molecule has 0 aliphatic heterocycles. The number of nitrogens with zero attached hydrogens (tertiary/aromatic N) is 3. The molecule has 0 unspecified atom stereocenters. The summed E-state index contributed by atoms with van der Waals surface area (Å²) in [6.07, 6.45) is 0. The fraction of sp³-hybridized carbons (Fsp3) is 0.125. The van der Waals surface area contributed by atoms with Crippen molar-refractivity contribution in [3.8, 4) is 0 Å². The summed E-state index contributed by atoms with van der Waals surface area (Å²) in [4.78, 5) is 25.5. The Kier molecular flexibility index (Phi) is 4.59. The zero-order chi connectivity index (χ0) is 17.3. The minimum absolute atomic E-state index is 0.164. The van der Waals surface area contributed by atoms with Gasteiger partial charge in [-0.2, -0.15) is 10.2 Å². The molecule has 122 valence electrons. The van der Waals surface area contributed by atoms with Gasteiger partial charge in [0.25, 0.3) is 11.5 Å². The van der Waals surface area contributed by atoms with Crippen molar-refractivity contribution < 1.29 is 4.79 Å². The first-order valence-corrected chi connectivity index (χ1v) is 8.64. The Morgan fingerprint density at radius 1 is 1.25 bits per heavy atom. The van der Waals surface area contributed by atoms with Gasteiger partial charge in [0, 0.05) is 12.4 Å². The molecule has 3 rings (SSSR count). The molecule has 0 fully saturated rings. The molecule has 1 amide bonds. The van der Waals surface area contributed by atoms with Crippen molar-refractivity contribution in [2.75, 3.05) is 0 Å². The van der Waals surface area contributed by atoms with E-state index in [4.69, 9.17) is 0 Å². The summed E-state index contributed by atoms with van der Waals surface area (Å²) < 4.78 is 2.15. The highest BCUT2D eigenvalue weighted by Crippen LogP contribution is 2.22. The molecule has 0 saturated heterocycles. The molecular formula is C16H13BrN4O2S.